The molecule has 0 atom stereocenters. The average molecular weight is 328 g/mol. The normalized spacial score (nSPS) is 15.8. The van der Waals surface area contributed by atoms with Crippen molar-refractivity contribution in [1.82, 2.24) is 9.97 Å². The van der Waals surface area contributed by atoms with Gasteiger partial charge in [-0.2, -0.15) is 4.98 Å². The molecule has 128 valence electrons. The van der Waals surface area contributed by atoms with Crippen molar-refractivity contribution in [3.63, 3.8) is 0 Å². The van der Waals surface area contributed by atoms with E-state index in [0.29, 0.717) is 18.5 Å². The summed E-state index contributed by atoms with van der Waals surface area (Å²) < 4.78 is 13.0. The molecular formula is C19H25FN4. The van der Waals surface area contributed by atoms with E-state index in [9.17, 15) is 4.39 Å². The number of aryl methyl sites for hydroxylation is 1. The number of anilines is 2. The second-order valence-corrected chi connectivity index (χ2v) is 6.53. The summed E-state index contributed by atoms with van der Waals surface area (Å²) in [5, 5.41) is 6.79. The summed E-state index contributed by atoms with van der Waals surface area (Å²) in [4.78, 5) is 9.10. The van der Waals surface area contributed by atoms with E-state index >= 15 is 0 Å². The Kier molecular flexibility index (Phi) is 5.62. The molecule has 2 aromatic rings. The molecule has 0 radical (unpaired) electrons. The highest BCUT2D eigenvalue weighted by Crippen LogP contribution is 2.20. The summed E-state index contributed by atoms with van der Waals surface area (Å²) in [7, 11) is 0. The first-order valence-electron chi connectivity index (χ1n) is 8.79. The molecule has 4 nitrogen and oxygen atoms in total. The van der Waals surface area contributed by atoms with Gasteiger partial charge < -0.3 is 10.6 Å². The quantitative estimate of drug-likeness (QED) is 0.783. The van der Waals surface area contributed by atoms with Crippen molar-refractivity contribution in [2.45, 2.75) is 58.0 Å². The summed E-state index contributed by atoms with van der Waals surface area (Å²) in [5.74, 6) is 1.28. The lowest BCUT2D eigenvalue weighted by Crippen LogP contribution is -2.20. The Balaban J connectivity index is 1.63. The molecular weight excluding hydrogens is 303 g/mol. The van der Waals surface area contributed by atoms with E-state index in [1.807, 2.05) is 13.0 Å². The van der Waals surface area contributed by atoms with Crippen LogP contribution in [0.5, 0.6) is 0 Å². The Morgan fingerprint density at radius 1 is 1.04 bits per heavy atom. The fourth-order valence-electron chi connectivity index (χ4n) is 3.12. The van der Waals surface area contributed by atoms with Crippen LogP contribution in [0.4, 0.5) is 16.2 Å². The molecule has 5 heteroatoms. The SMILES string of the molecule is Cc1cc(NCc2ccc(F)cc2)nc(NC2CCCCCC2)n1. The minimum Gasteiger partial charge on any atom is -0.366 e. The summed E-state index contributed by atoms with van der Waals surface area (Å²) in [5.41, 5.74) is 1.95. The second-order valence-electron chi connectivity index (χ2n) is 6.53. The van der Waals surface area contributed by atoms with Crippen LogP contribution in [0.15, 0.2) is 30.3 Å². The lowest BCUT2D eigenvalue weighted by atomic mass is 10.1. The van der Waals surface area contributed by atoms with E-state index in [1.54, 1.807) is 12.1 Å². The summed E-state index contributed by atoms with van der Waals surface area (Å²) in [6.07, 6.45) is 7.60. The summed E-state index contributed by atoms with van der Waals surface area (Å²) in [6.45, 7) is 2.59. The zero-order chi connectivity index (χ0) is 16.8. The smallest absolute Gasteiger partial charge is 0.225 e. The predicted octanol–water partition coefficient (Wildman–Crippen LogP) is 4.67. The Labute approximate surface area is 142 Å². The average Bonchev–Trinajstić information content (AvgIpc) is 2.82. The van der Waals surface area contributed by atoms with Crippen molar-refractivity contribution in [2.24, 2.45) is 0 Å². The van der Waals surface area contributed by atoms with E-state index in [2.05, 4.69) is 20.6 Å². The van der Waals surface area contributed by atoms with Crippen molar-refractivity contribution in [1.29, 1.82) is 0 Å². The Bertz CT molecular complexity index is 649. The van der Waals surface area contributed by atoms with Gasteiger partial charge in [-0.1, -0.05) is 37.8 Å². The maximum Gasteiger partial charge on any atom is 0.225 e. The molecule has 1 aromatic carbocycles. The van der Waals surface area contributed by atoms with Crippen molar-refractivity contribution in [3.8, 4) is 0 Å². The number of halogens is 1. The van der Waals surface area contributed by atoms with E-state index in [4.69, 9.17) is 0 Å². The molecule has 1 saturated carbocycles. The highest BCUT2D eigenvalue weighted by molar-refractivity contribution is 5.43. The zero-order valence-corrected chi connectivity index (χ0v) is 14.2. The highest BCUT2D eigenvalue weighted by Gasteiger charge is 2.13. The van der Waals surface area contributed by atoms with Crippen LogP contribution in [-0.4, -0.2) is 16.0 Å². The van der Waals surface area contributed by atoms with Gasteiger partial charge in [0, 0.05) is 24.3 Å². The first-order chi connectivity index (χ1) is 11.7. The number of nitrogens with one attached hydrogen (secondary N) is 2. The topological polar surface area (TPSA) is 49.8 Å². The van der Waals surface area contributed by atoms with Crippen LogP contribution < -0.4 is 10.6 Å². The number of benzene rings is 1. The van der Waals surface area contributed by atoms with Crippen LogP contribution in [0, 0.1) is 12.7 Å². The molecule has 1 aliphatic rings. The summed E-state index contributed by atoms with van der Waals surface area (Å²) in [6, 6.07) is 8.91. The molecule has 0 saturated heterocycles. The molecule has 0 bridgehead atoms. The zero-order valence-electron chi connectivity index (χ0n) is 14.2. The van der Waals surface area contributed by atoms with Crippen molar-refractivity contribution in [2.75, 3.05) is 10.6 Å². The standard InChI is InChI=1S/C19H25FN4/c1-14-12-18(21-13-15-8-10-16(20)11-9-15)24-19(22-14)23-17-6-4-2-3-5-7-17/h8-12,17H,2-7,13H2,1H3,(H2,21,22,23,24). The molecule has 1 heterocycles. The summed E-state index contributed by atoms with van der Waals surface area (Å²) >= 11 is 0. The first kappa shape index (κ1) is 16.7. The van der Waals surface area contributed by atoms with Crippen molar-refractivity contribution < 1.29 is 4.39 Å². The van der Waals surface area contributed by atoms with Crippen LogP contribution in [-0.2, 0) is 6.54 Å². The molecule has 1 fully saturated rings. The van der Waals surface area contributed by atoms with Crippen LogP contribution in [0.3, 0.4) is 0 Å². The van der Waals surface area contributed by atoms with E-state index in [-0.39, 0.29) is 5.82 Å². The fourth-order valence-corrected chi connectivity index (χ4v) is 3.12. The highest BCUT2D eigenvalue weighted by atomic mass is 19.1. The maximum atomic E-state index is 13.0. The maximum absolute atomic E-state index is 13.0. The molecule has 1 aliphatic carbocycles. The second kappa shape index (κ2) is 8.08. The Morgan fingerprint density at radius 2 is 1.75 bits per heavy atom. The lowest BCUT2D eigenvalue weighted by Gasteiger charge is -2.17. The molecule has 0 unspecified atom stereocenters. The van der Waals surface area contributed by atoms with Gasteiger partial charge in [0.2, 0.25) is 5.95 Å². The van der Waals surface area contributed by atoms with E-state index in [1.165, 1.54) is 50.7 Å². The van der Waals surface area contributed by atoms with Gasteiger partial charge in [0.05, 0.1) is 0 Å². The predicted molar refractivity (Wildman–Crippen MR) is 95.6 cm³/mol. The Hall–Kier alpha value is -2.17. The molecule has 3 rings (SSSR count). The minimum absolute atomic E-state index is 0.216. The van der Waals surface area contributed by atoms with Gasteiger partial charge in [-0.15, -0.1) is 0 Å². The lowest BCUT2D eigenvalue weighted by molar-refractivity contribution is 0.614. The van der Waals surface area contributed by atoms with Crippen LogP contribution in [0.1, 0.15) is 49.8 Å². The molecule has 0 aliphatic heterocycles. The third-order valence-electron chi connectivity index (χ3n) is 4.43. The first-order valence-corrected chi connectivity index (χ1v) is 8.79. The van der Waals surface area contributed by atoms with Gasteiger partial charge in [0.1, 0.15) is 11.6 Å². The number of nitrogens with zero attached hydrogens (tertiary/aromatic N) is 2. The minimum atomic E-state index is -0.216. The van der Waals surface area contributed by atoms with E-state index in [0.717, 1.165) is 17.1 Å². The van der Waals surface area contributed by atoms with Gasteiger partial charge in [0.15, 0.2) is 0 Å². The van der Waals surface area contributed by atoms with E-state index < -0.39 is 0 Å². The van der Waals surface area contributed by atoms with Crippen molar-refractivity contribution >= 4 is 11.8 Å². The van der Waals surface area contributed by atoms with Crippen LogP contribution in [0.2, 0.25) is 0 Å². The van der Waals surface area contributed by atoms with Crippen molar-refractivity contribution in [3.05, 3.63) is 47.4 Å². The number of hydrogen-bond acceptors (Lipinski definition) is 4. The van der Waals surface area contributed by atoms with Gasteiger partial charge in [-0.25, -0.2) is 9.37 Å². The molecule has 0 amide bonds. The van der Waals surface area contributed by atoms with Gasteiger partial charge in [-0.05, 0) is 37.5 Å². The van der Waals surface area contributed by atoms with Gasteiger partial charge in [-0.3, -0.25) is 0 Å². The molecule has 1 aromatic heterocycles. The third-order valence-corrected chi connectivity index (χ3v) is 4.43. The number of aromatic nitrogens is 2. The van der Waals surface area contributed by atoms with Crippen LogP contribution >= 0.6 is 0 Å². The third kappa shape index (κ3) is 4.91. The molecule has 2 N–H and O–H groups in total. The molecule has 24 heavy (non-hydrogen) atoms. The largest absolute Gasteiger partial charge is 0.366 e. The molecule has 0 spiro atoms. The monoisotopic (exact) mass is 328 g/mol. The Morgan fingerprint density at radius 3 is 2.46 bits per heavy atom. The number of hydrogen-bond donors (Lipinski definition) is 2. The van der Waals surface area contributed by atoms with Gasteiger partial charge in [0.25, 0.3) is 0 Å². The van der Waals surface area contributed by atoms with Gasteiger partial charge >= 0.3 is 0 Å². The van der Waals surface area contributed by atoms with Crippen LogP contribution in [0.25, 0.3) is 0 Å². The number of rotatable bonds is 5. The fraction of sp³-hybridized carbons (Fsp3) is 0.474.